The van der Waals surface area contributed by atoms with Gasteiger partial charge >= 0.3 is 0 Å². The standard InChI is InChI=1S/C16H12N4/c17-9-11-7-15(18)16(19-10-11)20-14-6-5-12-3-1-2-4-13(12)8-14/h1-8,10H,18H2,(H,19,20). The number of fused-ring (bicyclic) bond motifs is 1. The average Bonchev–Trinajstić information content (AvgIpc) is 2.49. The molecule has 3 N–H and O–H groups in total. The van der Waals surface area contributed by atoms with Crippen LogP contribution in [0.4, 0.5) is 17.2 Å². The second-order valence-corrected chi connectivity index (χ2v) is 4.46. The van der Waals surface area contributed by atoms with Crippen molar-refractivity contribution in [1.29, 1.82) is 5.26 Å². The van der Waals surface area contributed by atoms with Crippen LogP contribution in [0.3, 0.4) is 0 Å². The maximum absolute atomic E-state index is 8.80. The summed E-state index contributed by atoms with van der Waals surface area (Å²) >= 11 is 0. The van der Waals surface area contributed by atoms with Crippen molar-refractivity contribution >= 4 is 28.0 Å². The summed E-state index contributed by atoms with van der Waals surface area (Å²) in [5.74, 6) is 0.555. The predicted molar refractivity (Wildman–Crippen MR) is 80.6 cm³/mol. The smallest absolute Gasteiger partial charge is 0.153 e. The van der Waals surface area contributed by atoms with Gasteiger partial charge < -0.3 is 11.1 Å². The molecule has 1 aromatic heterocycles. The van der Waals surface area contributed by atoms with Gasteiger partial charge in [0.1, 0.15) is 6.07 Å². The van der Waals surface area contributed by atoms with E-state index in [1.54, 1.807) is 6.07 Å². The lowest BCUT2D eigenvalue weighted by molar-refractivity contribution is 1.29. The van der Waals surface area contributed by atoms with Crippen LogP contribution in [0.1, 0.15) is 5.56 Å². The Balaban J connectivity index is 1.95. The number of aromatic nitrogens is 1. The molecule has 0 atom stereocenters. The predicted octanol–water partition coefficient (Wildman–Crippen LogP) is 3.43. The molecule has 0 radical (unpaired) electrons. The van der Waals surface area contributed by atoms with Gasteiger partial charge in [-0.25, -0.2) is 4.98 Å². The van der Waals surface area contributed by atoms with E-state index in [-0.39, 0.29) is 0 Å². The highest BCUT2D eigenvalue weighted by Gasteiger charge is 2.03. The second kappa shape index (κ2) is 4.90. The van der Waals surface area contributed by atoms with E-state index in [0.29, 0.717) is 17.1 Å². The van der Waals surface area contributed by atoms with Gasteiger partial charge in [-0.05, 0) is 29.0 Å². The first-order valence-corrected chi connectivity index (χ1v) is 6.18. The maximum atomic E-state index is 8.80. The Kier molecular flexibility index (Phi) is 2.94. The highest BCUT2D eigenvalue weighted by molar-refractivity contribution is 5.86. The molecule has 0 saturated carbocycles. The van der Waals surface area contributed by atoms with E-state index < -0.39 is 0 Å². The number of pyridine rings is 1. The molecular weight excluding hydrogens is 248 g/mol. The third-order valence-electron chi connectivity index (χ3n) is 3.06. The van der Waals surface area contributed by atoms with E-state index in [1.165, 1.54) is 11.6 Å². The molecule has 0 unspecified atom stereocenters. The van der Waals surface area contributed by atoms with Crippen LogP contribution in [0.25, 0.3) is 10.8 Å². The molecule has 20 heavy (non-hydrogen) atoms. The second-order valence-electron chi connectivity index (χ2n) is 4.46. The fourth-order valence-electron chi connectivity index (χ4n) is 2.05. The number of nitrogen functional groups attached to an aromatic ring is 1. The molecule has 0 bridgehead atoms. The van der Waals surface area contributed by atoms with Gasteiger partial charge in [0.2, 0.25) is 0 Å². The van der Waals surface area contributed by atoms with Crippen molar-refractivity contribution in [3.05, 3.63) is 60.3 Å². The molecule has 96 valence electrons. The van der Waals surface area contributed by atoms with Crippen molar-refractivity contribution in [2.24, 2.45) is 0 Å². The maximum Gasteiger partial charge on any atom is 0.153 e. The van der Waals surface area contributed by atoms with Crippen LogP contribution in [0.5, 0.6) is 0 Å². The van der Waals surface area contributed by atoms with Crippen molar-refractivity contribution in [3.8, 4) is 6.07 Å². The molecule has 0 amide bonds. The number of hydrogen-bond acceptors (Lipinski definition) is 4. The third-order valence-corrected chi connectivity index (χ3v) is 3.06. The number of benzene rings is 2. The quantitative estimate of drug-likeness (QED) is 0.740. The van der Waals surface area contributed by atoms with Crippen LogP contribution >= 0.6 is 0 Å². The minimum Gasteiger partial charge on any atom is -0.396 e. The number of anilines is 3. The molecule has 0 fully saturated rings. The van der Waals surface area contributed by atoms with Gasteiger partial charge in [0, 0.05) is 11.9 Å². The summed E-state index contributed by atoms with van der Waals surface area (Å²) < 4.78 is 0. The Morgan fingerprint density at radius 2 is 1.85 bits per heavy atom. The highest BCUT2D eigenvalue weighted by atomic mass is 15.0. The van der Waals surface area contributed by atoms with E-state index in [4.69, 9.17) is 11.0 Å². The zero-order valence-corrected chi connectivity index (χ0v) is 10.7. The fraction of sp³-hybridized carbons (Fsp3) is 0. The van der Waals surface area contributed by atoms with Crippen LogP contribution in [-0.2, 0) is 0 Å². The minimum atomic E-state index is 0.451. The Labute approximate surface area is 116 Å². The number of nitrogens with two attached hydrogens (primary N) is 1. The van der Waals surface area contributed by atoms with Crippen LogP contribution in [-0.4, -0.2) is 4.98 Å². The van der Waals surface area contributed by atoms with Crippen molar-refractivity contribution in [3.63, 3.8) is 0 Å². The van der Waals surface area contributed by atoms with Crippen LogP contribution in [0.2, 0.25) is 0 Å². The number of nitrogens with zero attached hydrogens (tertiary/aromatic N) is 2. The summed E-state index contributed by atoms with van der Waals surface area (Å²) in [4.78, 5) is 4.17. The van der Waals surface area contributed by atoms with Gasteiger partial charge in [0.05, 0.1) is 11.3 Å². The van der Waals surface area contributed by atoms with Crippen LogP contribution < -0.4 is 11.1 Å². The van der Waals surface area contributed by atoms with Gasteiger partial charge in [-0.1, -0.05) is 30.3 Å². The van der Waals surface area contributed by atoms with Gasteiger partial charge in [0.25, 0.3) is 0 Å². The van der Waals surface area contributed by atoms with Crippen molar-refractivity contribution in [1.82, 2.24) is 4.98 Å². The van der Waals surface area contributed by atoms with Gasteiger partial charge in [0.15, 0.2) is 5.82 Å². The fourth-order valence-corrected chi connectivity index (χ4v) is 2.05. The van der Waals surface area contributed by atoms with E-state index in [0.717, 1.165) is 11.1 Å². The van der Waals surface area contributed by atoms with Crippen molar-refractivity contribution in [2.75, 3.05) is 11.1 Å². The highest BCUT2D eigenvalue weighted by Crippen LogP contribution is 2.24. The molecular formula is C16H12N4. The molecule has 0 aliphatic carbocycles. The molecule has 2 aromatic carbocycles. The number of nitrogens with one attached hydrogen (secondary N) is 1. The largest absolute Gasteiger partial charge is 0.396 e. The van der Waals surface area contributed by atoms with Crippen molar-refractivity contribution < 1.29 is 0 Å². The first kappa shape index (κ1) is 12.0. The normalized spacial score (nSPS) is 10.2. The third kappa shape index (κ3) is 2.25. The van der Waals surface area contributed by atoms with E-state index in [9.17, 15) is 0 Å². The lowest BCUT2D eigenvalue weighted by Gasteiger charge is -2.09. The minimum absolute atomic E-state index is 0.451. The average molecular weight is 260 g/mol. The lowest BCUT2D eigenvalue weighted by Crippen LogP contribution is -1.99. The summed E-state index contributed by atoms with van der Waals surface area (Å²) in [6.07, 6.45) is 1.50. The molecule has 3 aromatic rings. The van der Waals surface area contributed by atoms with Gasteiger partial charge in [-0.3, -0.25) is 0 Å². The monoisotopic (exact) mass is 260 g/mol. The van der Waals surface area contributed by atoms with Crippen molar-refractivity contribution in [2.45, 2.75) is 0 Å². The summed E-state index contributed by atoms with van der Waals surface area (Å²) in [6, 6.07) is 17.8. The Bertz CT molecular complexity index is 818. The van der Waals surface area contributed by atoms with Gasteiger partial charge in [-0.15, -0.1) is 0 Å². The van der Waals surface area contributed by atoms with E-state index >= 15 is 0 Å². The Morgan fingerprint density at radius 1 is 1.05 bits per heavy atom. The van der Waals surface area contributed by atoms with Crippen LogP contribution in [0.15, 0.2) is 54.7 Å². The lowest BCUT2D eigenvalue weighted by atomic mass is 10.1. The number of nitriles is 1. The topological polar surface area (TPSA) is 74.7 Å². The zero-order chi connectivity index (χ0) is 13.9. The molecule has 0 saturated heterocycles. The Hall–Kier alpha value is -3.06. The molecule has 4 heteroatoms. The van der Waals surface area contributed by atoms with E-state index in [1.807, 2.05) is 36.4 Å². The summed E-state index contributed by atoms with van der Waals surface area (Å²) in [6.45, 7) is 0. The first-order chi connectivity index (χ1) is 9.76. The van der Waals surface area contributed by atoms with Crippen LogP contribution in [0, 0.1) is 11.3 Å². The molecule has 4 nitrogen and oxygen atoms in total. The summed E-state index contributed by atoms with van der Waals surface area (Å²) in [5.41, 5.74) is 7.70. The first-order valence-electron chi connectivity index (χ1n) is 6.18. The molecule has 0 aliphatic rings. The van der Waals surface area contributed by atoms with E-state index in [2.05, 4.69) is 22.4 Å². The SMILES string of the molecule is N#Cc1cnc(Nc2ccc3ccccc3c2)c(N)c1. The summed E-state index contributed by atoms with van der Waals surface area (Å²) in [7, 11) is 0. The zero-order valence-electron chi connectivity index (χ0n) is 10.7. The molecule has 3 rings (SSSR count). The Morgan fingerprint density at radius 3 is 2.60 bits per heavy atom. The van der Waals surface area contributed by atoms with Gasteiger partial charge in [-0.2, -0.15) is 5.26 Å². The summed E-state index contributed by atoms with van der Waals surface area (Å²) in [5, 5.41) is 14.3. The molecule has 0 spiro atoms. The number of hydrogen-bond donors (Lipinski definition) is 2. The number of rotatable bonds is 2. The molecule has 0 aliphatic heterocycles. The molecule has 1 heterocycles.